The molecule has 1 amide bonds. The van der Waals surface area contributed by atoms with Crippen LogP contribution in [0.25, 0.3) is 0 Å². The number of pyridine rings is 1. The second kappa shape index (κ2) is 7.48. The van der Waals surface area contributed by atoms with Gasteiger partial charge in [-0.2, -0.15) is 13.2 Å². The van der Waals surface area contributed by atoms with Crippen LogP contribution in [0.5, 0.6) is 0 Å². The van der Waals surface area contributed by atoms with Crippen molar-refractivity contribution < 1.29 is 22.7 Å². The largest absolute Gasteiger partial charge is 0.444 e. The van der Waals surface area contributed by atoms with Crippen molar-refractivity contribution in [1.29, 1.82) is 0 Å². The zero-order valence-electron chi connectivity index (χ0n) is 16.2. The number of carbonyl (C=O) groups excluding carboxylic acids is 1. The lowest BCUT2D eigenvalue weighted by Crippen LogP contribution is -2.40. The SMILES string of the molecule is CC(C)(C)OC(=O)N1CCC2(CCN(C(c3ccc(Br)cn3)C(F)(F)F)C2)C1. The van der Waals surface area contributed by atoms with E-state index in [4.69, 9.17) is 4.74 Å². The summed E-state index contributed by atoms with van der Waals surface area (Å²) in [5, 5.41) is 0. The molecule has 2 aliphatic heterocycles. The molecule has 0 radical (unpaired) electrons. The van der Waals surface area contributed by atoms with Crippen molar-refractivity contribution in [2.24, 2.45) is 5.41 Å². The fourth-order valence-electron chi connectivity index (χ4n) is 4.05. The van der Waals surface area contributed by atoms with E-state index in [0.29, 0.717) is 36.9 Å². The first-order chi connectivity index (χ1) is 12.9. The molecule has 3 rings (SSSR count). The molecule has 0 bridgehead atoms. The van der Waals surface area contributed by atoms with Gasteiger partial charge in [-0.3, -0.25) is 9.88 Å². The Kier molecular flexibility index (Phi) is 5.71. The number of alkyl halides is 3. The van der Waals surface area contributed by atoms with Crippen LogP contribution >= 0.6 is 15.9 Å². The Morgan fingerprint density at radius 3 is 2.46 bits per heavy atom. The maximum absolute atomic E-state index is 13.8. The molecule has 2 unspecified atom stereocenters. The van der Waals surface area contributed by atoms with Crippen LogP contribution in [0, 0.1) is 5.41 Å². The second-order valence-electron chi connectivity index (χ2n) is 8.72. The molecule has 0 aromatic carbocycles. The number of ether oxygens (including phenoxy) is 1. The lowest BCUT2D eigenvalue weighted by molar-refractivity contribution is -0.185. The molecule has 2 fully saturated rings. The number of amides is 1. The molecule has 0 aliphatic carbocycles. The number of hydrogen-bond donors (Lipinski definition) is 0. The molecule has 0 N–H and O–H groups in total. The highest BCUT2D eigenvalue weighted by molar-refractivity contribution is 9.10. The summed E-state index contributed by atoms with van der Waals surface area (Å²) in [6.07, 6.45) is -2.13. The zero-order chi connectivity index (χ0) is 20.7. The van der Waals surface area contributed by atoms with Crippen molar-refractivity contribution in [1.82, 2.24) is 14.8 Å². The van der Waals surface area contributed by atoms with E-state index in [1.54, 1.807) is 31.7 Å². The Morgan fingerprint density at radius 2 is 1.89 bits per heavy atom. The van der Waals surface area contributed by atoms with Crippen LogP contribution in [0.2, 0.25) is 0 Å². The molecular weight excluding hydrogens is 439 g/mol. The molecule has 5 nitrogen and oxygen atoms in total. The Morgan fingerprint density at radius 1 is 1.21 bits per heavy atom. The van der Waals surface area contributed by atoms with E-state index in [9.17, 15) is 18.0 Å². The third-order valence-electron chi connectivity index (χ3n) is 5.26. The van der Waals surface area contributed by atoms with Crippen molar-refractivity contribution in [3.05, 3.63) is 28.5 Å². The van der Waals surface area contributed by atoms with Crippen molar-refractivity contribution >= 4 is 22.0 Å². The fourth-order valence-corrected chi connectivity index (χ4v) is 4.29. The van der Waals surface area contributed by atoms with Crippen molar-refractivity contribution in [3.63, 3.8) is 0 Å². The minimum absolute atomic E-state index is 0.00487. The van der Waals surface area contributed by atoms with E-state index in [-0.39, 0.29) is 17.7 Å². The number of aromatic nitrogens is 1. The number of rotatable bonds is 2. The van der Waals surface area contributed by atoms with E-state index in [2.05, 4.69) is 20.9 Å². The van der Waals surface area contributed by atoms with E-state index < -0.39 is 23.9 Å². The van der Waals surface area contributed by atoms with Gasteiger partial charge < -0.3 is 9.64 Å². The molecule has 156 valence electrons. The summed E-state index contributed by atoms with van der Waals surface area (Å²) in [5.41, 5.74) is -0.923. The average molecular weight is 464 g/mol. The summed E-state index contributed by atoms with van der Waals surface area (Å²) in [6.45, 7) is 6.94. The van der Waals surface area contributed by atoms with Gasteiger partial charge in [-0.05, 0) is 68.2 Å². The monoisotopic (exact) mass is 463 g/mol. The van der Waals surface area contributed by atoms with E-state index in [1.165, 1.54) is 17.2 Å². The van der Waals surface area contributed by atoms with Crippen LogP contribution in [-0.4, -0.2) is 58.8 Å². The van der Waals surface area contributed by atoms with E-state index in [1.807, 2.05) is 0 Å². The van der Waals surface area contributed by atoms with E-state index in [0.717, 1.165) is 0 Å². The minimum atomic E-state index is -4.42. The first-order valence-corrected chi connectivity index (χ1v) is 10.1. The number of hydrogen-bond acceptors (Lipinski definition) is 4. The van der Waals surface area contributed by atoms with Crippen molar-refractivity contribution in [3.8, 4) is 0 Å². The number of halogens is 4. The number of nitrogens with zero attached hydrogens (tertiary/aromatic N) is 3. The van der Waals surface area contributed by atoms with Crippen LogP contribution in [0.4, 0.5) is 18.0 Å². The van der Waals surface area contributed by atoms with Gasteiger partial charge in [-0.15, -0.1) is 0 Å². The van der Waals surface area contributed by atoms with Gasteiger partial charge in [0.2, 0.25) is 0 Å². The van der Waals surface area contributed by atoms with Gasteiger partial charge in [-0.1, -0.05) is 0 Å². The van der Waals surface area contributed by atoms with Crippen LogP contribution in [0.1, 0.15) is 45.3 Å². The summed E-state index contributed by atoms with van der Waals surface area (Å²) in [5.74, 6) is 0. The molecule has 2 atom stereocenters. The molecule has 2 aliphatic rings. The summed E-state index contributed by atoms with van der Waals surface area (Å²) in [6, 6.07) is 1.25. The highest BCUT2D eigenvalue weighted by atomic mass is 79.9. The standard InChI is InChI=1S/C19H25BrF3N3O2/c1-17(2,3)28-16(27)26-9-7-18(12-26)6-8-25(11-18)15(19(21,22)23)14-5-4-13(20)10-24-14/h4-5,10,15H,6-9,11-12H2,1-3H3. The molecule has 9 heteroatoms. The third kappa shape index (κ3) is 4.79. The molecule has 1 aromatic rings. The van der Waals surface area contributed by atoms with Crippen LogP contribution in [0.3, 0.4) is 0 Å². The molecule has 2 saturated heterocycles. The third-order valence-corrected chi connectivity index (χ3v) is 5.73. The van der Waals surface area contributed by atoms with Gasteiger partial charge in [0.05, 0.1) is 5.69 Å². The smallest absolute Gasteiger partial charge is 0.410 e. The molecular formula is C19H25BrF3N3O2. The first-order valence-electron chi connectivity index (χ1n) is 9.29. The molecule has 3 heterocycles. The maximum atomic E-state index is 13.8. The molecule has 0 saturated carbocycles. The molecule has 28 heavy (non-hydrogen) atoms. The summed E-state index contributed by atoms with van der Waals surface area (Å²) in [4.78, 5) is 19.4. The quantitative estimate of drug-likeness (QED) is 0.632. The van der Waals surface area contributed by atoms with Gasteiger partial charge in [0.15, 0.2) is 0 Å². The second-order valence-corrected chi connectivity index (χ2v) is 9.63. The Labute approximate surface area is 171 Å². The highest BCUT2D eigenvalue weighted by Crippen LogP contribution is 2.46. The Hall–Kier alpha value is -1.35. The van der Waals surface area contributed by atoms with Gasteiger partial charge in [0, 0.05) is 35.7 Å². The highest BCUT2D eigenvalue weighted by Gasteiger charge is 2.53. The predicted molar refractivity (Wildman–Crippen MR) is 102 cm³/mol. The van der Waals surface area contributed by atoms with Gasteiger partial charge in [-0.25, -0.2) is 4.79 Å². The van der Waals surface area contributed by atoms with Gasteiger partial charge >= 0.3 is 12.3 Å². The lowest BCUT2D eigenvalue weighted by atomic mass is 9.86. The fraction of sp³-hybridized carbons (Fsp3) is 0.684. The zero-order valence-corrected chi connectivity index (χ0v) is 17.8. The molecule has 1 aromatic heterocycles. The van der Waals surface area contributed by atoms with E-state index >= 15 is 0 Å². The van der Waals surface area contributed by atoms with Crippen molar-refractivity contribution in [2.45, 2.75) is 51.4 Å². The number of likely N-dealkylation sites (tertiary alicyclic amines) is 2. The van der Waals surface area contributed by atoms with Gasteiger partial charge in [0.25, 0.3) is 0 Å². The Bertz CT molecular complexity index is 721. The minimum Gasteiger partial charge on any atom is -0.444 e. The number of carbonyl (C=O) groups is 1. The molecule has 1 spiro atoms. The lowest BCUT2D eigenvalue weighted by Gasteiger charge is -2.31. The summed E-state index contributed by atoms with van der Waals surface area (Å²) in [7, 11) is 0. The predicted octanol–water partition coefficient (Wildman–Crippen LogP) is 4.78. The van der Waals surface area contributed by atoms with Crippen LogP contribution in [-0.2, 0) is 4.74 Å². The van der Waals surface area contributed by atoms with Crippen LogP contribution < -0.4 is 0 Å². The van der Waals surface area contributed by atoms with Gasteiger partial charge in [0.1, 0.15) is 11.6 Å². The Balaban J connectivity index is 1.73. The van der Waals surface area contributed by atoms with Crippen molar-refractivity contribution in [2.75, 3.05) is 26.2 Å². The normalized spacial score (nSPS) is 24.8. The summed E-state index contributed by atoms with van der Waals surface area (Å²) < 4.78 is 47.6. The first kappa shape index (κ1) is 21.4. The topological polar surface area (TPSA) is 45.7 Å². The summed E-state index contributed by atoms with van der Waals surface area (Å²) >= 11 is 3.21. The van der Waals surface area contributed by atoms with Crippen LogP contribution in [0.15, 0.2) is 22.8 Å². The average Bonchev–Trinajstić information content (AvgIpc) is 3.14. The maximum Gasteiger partial charge on any atom is 0.410 e.